The lowest BCUT2D eigenvalue weighted by molar-refractivity contribution is -0.137. The molecule has 2 atom stereocenters. The normalized spacial score (nSPS) is 18.6. The Labute approximate surface area is 197 Å². The maximum atomic E-state index is 13.4. The number of anilines is 2. The molecule has 1 saturated heterocycles. The van der Waals surface area contributed by atoms with Gasteiger partial charge in [0.1, 0.15) is 11.6 Å². The Kier molecular flexibility index (Phi) is 6.67. The highest BCUT2D eigenvalue weighted by Gasteiger charge is 2.34. The zero-order valence-corrected chi connectivity index (χ0v) is 18.8. The number of halogens is 4. The fourth-order valence-electron chi connectivity index (χ4n) is 3.33. The highest BCUT2D eigenvalue weighted by molar-refractivity contribution is 7.92. The van der Waals surface area contributed by atoms with Gasteiger partial charge in [-0.3, -0.25) is 4.72 Å². The van der Waals surface area contributed by atoms with E-state index in [1.165, 1.54) is 48.5 Å². The Morgan fingerprint density at radius 3 is 2.47 bits per heavy atom. The van der Waals surface area contributed by atoms with Gasteiger partial charge in [0.05, 0.1) is 41.6 Å². The third-order valence-corrected chi connectivity index (χ3v) is 6.52. The van der Waals surface area contributed by atoms with Crippen LogP contribution in [-0.4, -0.2) is 48.9 Å². The second kappa shape index (κ2) is 9.37. The van der Waals surface area contributed by atoms with E-state index in [1.807, 2.05) is 0 Å². The molecule has 4 rings (SSSR count). The van der Waals surface area contributed by atoms with Crippen LogP contribution in [0.5, 0.6) is 0 Å². The molecule has 3 aromatic rings. The molecule has 0 spiro atoms. The molecule has 1 aliphatic heterocycles. The Hall–Kier alpha value is -2.93. The molecule has 1 aromatic carbocycles. The quantitative estimate of drug-likeness (QED) is 0.458. The van der Waals surface area contributed by atoms with Crippen molar-refractivity contribution in [3.05, 3.63) is 65.2 Å². The smallest absolute Gasteiger partial charge is 0.388 e. The van der Waals surface area contributed by atoms with E-state index in [-0.39, 0.29) is 46.2 Å². The van der Waals surface area contributed by atoms with Gasteiger partial charge in [0.15, 0.2) is 5.03 Å². The van der Waals surface area contributed by atoms with Crippen LogP contribution in [0.25, 0.3) is 11.3 Å². The van der Waals surface area contributed by atoms with Crippen LogP contribution in [0.2, 0.25) is 5.02 Å². The second-order valence-electron chi connectivity index (χ2n) is 7.39. The summed E-state index contributed by atoms with van der Waals surface area (Å²) in [6, 6.07) is 11.0. The predicted octanol–water partition coefficient (Wildman–Crippen LogP) is 3.79. The minimum Gasteiger partial charge on any atom is -0.388 e. The molecule has 0 amide bonds. The largest absolute Gasteiger partial charge is 0.417 e. The van der Waals surface area contributed by atoms with Crippen molar-refractivity contribution < 1.29 is 31.4 Å². The summed E-state index contributed by atoms with van der Waals surface area (Å²) in [7, 11) is -4.26. The molecule has 3 heterocycles. The average molecular weight is 515 g/mol. The second-order valence-corrected chi connectivity index (χ2v) is 9.43. The average Bonchev–Trinajstić information content (AvgIpc) is 3.19. The van der Waals surface area contributed by atoms with Crippen LogP contribution in [0.1, 0.15) is 5.56 Å². The number of aliphatic hydroxyl groups excluding tert-OH is 1. The molecule has 34 heavy (non-hydrogen) atoms. The van der Waals surface area contributed by atoms with Crippen LogP contribution < -0.4 is 10.0 Å². The summed E-state index contributed by atoms with van der Waals surface area (Å²) in [5.74, 6) is -0.0440. The van der Waals surface area contributed by atoms with Gasteiger partial charge in [0.25, 0.3) is 10.0 Å². The summed E-state index contributed by atoms with van der Waals surface area (Å²) < 4.78 is 73.5. The first-order valence-electron chi connectivity index (χ1n) is 9.90. The summed E-state index contributed by atoms with van der Waals surface area (Å²) in [4.78, 5) is 8.08. The van der Waals surface area contributed by atoms with E-state index in [2.05, 4.69) is 20.0 Å². The Morgan fingerprint density at radius 2 is 1.76 bits per heavy atom. The van der Waals surface area contributed by atoms with E-state index >= 15 is 0 Å². The minimum atomic E-state index is -4.66. The van der Waals surface area contributed by atoms with E-state index < -0.39 is 33.9 Å². The minimum absolute atomic E-state index is 0.0821. The number of hydrogen-bond acceptors (Lipinski definition) is 7. The summed E-state index contributed by atoms with van der Waals surface area (Å²) in [5, 5.41) is 12.3. The van der Waals surface area contributed by atoms with E-state index in [0.29, 0.717) is 0 Å². The number of alkyl halides is 3. The number of hydrogen-bond donors (Lipinski definition) is 3. The van der Waals surface area contributed by atoms with Crippen molar-refractivity contribution in [2.75, 3.05) is 23.3 Å². The standard InChI is InChI=1S/C21H18ClF3N4O4S/c22-14-8-9-18(28-20(14)12-4-1-2-5-13(12)21(23,24)25)29-34(31,32)19-7-3-6-17(27-19)26-15-10-33-11-16(15)30/h1-9,15-16,30H,10-11H2,(H,26,27)(H,28,29)/t15-,16-/m0/s1. The number of aromatic nitrogens is 2. The molecule has 1 fully saturated rings. The highest BCUT2D eigenvalue weighted by atomic mass is 35.5. The van der Waals surface area contributed by atoms with Gasteiger partial charge in [-0.25, -0.2) is 9.97 Å². The van der Waals surface area contributed by atoms with Crippen molar-refractivity contribution in [3.63, 3.8) is 0 Å². The van der Waals surface area contributed by atoms with Crippen LogP contribution in [0.4, 0.5) is 24.8 Å². The zero-order chi connectivity index (χ0) is 24.5. The lowest BCUT2D eigenvalue weighted by Crippen LogP contribution is -2.32. The monoisotopic (exact) mass is 514 g/mol. The third-order valence-electron chi connectivity index (χ3n) is 4.96. The molecule has 2 aromatic heterocycles. The highest BCUT2D eigenvalue weighted by Crippen LogP contribution is 2.39. The van der Waals surface area contributed by atoms with Gasteiger partial charge in [-0.1, -0.05) is 35.9 Å². The van der Waals surface area contributed by atoms with E-state index in [4.69, 9.17) is 16.3 Å². The third kappa shape index (κ3) is 5.25. The maximum absolute atomic E-state index is 13.4. The SMILES string of the molecule is O=S(=O)(Nc1ccc(Cl)c(-c2ccccc2C(F)(F)F)n1)c1cccc(N[C@H]2COC[C@@H]2O)n1. The van der Waals surface area contributed by atoms with E-state index in [0.717, 1.165) is 6.07 Å². The van der Waals surface area contributed by atoms with Crippen molar-refractivity contribution in [3.8, 4) is 11.3 Å². The summed E-state index contributed by atoms with van der Waals surface area (Å²) in [6.07, 6.45) is -5.43. The maximum Gasteiger partial charge on any atom is 0.417 e. The number of sulfonamides is 1. The van der Waals surface area contributed by atoms with Gasteiger partial charge in [-0.05, 0) is 30.3 Å². The first-order chi connectivity index (χ1) is 16.0. The van der Waals surface area contributed by atoms with Crippen LogP contribution in [0.15, 0.2) is 59.6 Å². The number of pyridine rings is 2. The molecule has 0 radical (unpaired) electrons. The first kappa shape index (κ1) is 24.2. The number of aliphatic hydroxyl groups is 1. The lowest BCUT2D eigenvalue weighted by atomic mass is 10.0. The molecule has 0 unspecified atom stereocenters. The van der Waals surface area contributed by atoms with Gasteiger partial charge in [0, 0.05) is 5.56 Å². The fourth-order valence-corrected chi connectivity index (χ4v) is 4.51. The van der Waals surface area contributed by atoms with Crippen LogP contribution in [-0.2, 0) is 20.9 Å². The zero-order valence-electron chi connectivity index (χ0n) is 17.3. The predicted molar refractivity (Wildman–Crippen MR) is 119 cm³/mol. The molecule has 8 nitrogen and oxygen atoms in total. The van der Waals surface area contributed by atoms with Crippen LogP contribution in [0, 0.1) is 0 Å². The molecule has 0 saturated carbocycles. The summed E-state index contributed by atoms with van der Waals surface area (Å²) in [6.45, 7) is 0.383. The topological polar surface area (TPSA) is 113 Å². The number of nitrogens with one attached hydrogen (secondary N) is 2. The van der Waals surface area contributed by atoms with Gasteiger partial charge >= 0.3 is 6.18 Å². The number of benzene rings is 1. The van der Waals surface area contributed by atoms with Crippen molar-refractivity contribution in [1.29, 1.82) is 0 Å². The molecular formula is C21H18ClF3N4O4S. The Balaban J connectivity index is 1.62. The summed E-state index contributed by atoms with van der Waals surface area (Å²) >= 11 is 6.10. The van der Waals surface area contributed by atoms with Crippen molar-refractivity contribution >= 4 is 33.3 Å². The number of nitrogens with zero attached hydrogens (tertiary/aromatic N) is 2. The molecule has 180 valence electrons. The molecule has 1 aliphatic rings. The van der Waals surface area contributed by atoms with Gasteiger partial charge in [-0.2, -0.15) is 21.6 Å². The summed E-state index contributed by atoms with van der Waals surface area (Å²) in [5.41, 5.74) is -1.47. The van der Waals surface area contributed by atoms with Gasteiger partial charge in [0.2, 0.25) is 0 Å². The van der Waals surface area contributed by atoms with E-state index in [1.54, 1.807) is 0 Å². The molecule has 3 N–H and O–H groups in total. The van der Waals surface area contributed by atoms with Gasteiger partial charge in [-0.15, -0.1) is 0 Å². The van der Waals surface area contributed by atoms with Crippen molar-refractivity contribution in [2.45, 2.75) is 23.3 Å². The van der Waals surface area contributed by atoms with Crippen LogP contribution in [0.3, 0.4) is 0 Å². The van der Waals surface area contributed by atoms with E-state index in [9.17, 15) is 26.7 Å². The molecule has 0 bridgehead atoms. The number of rotatable bonds is 6. The fraction of sp³-hybridized carbons (Fsp3) is 0.238. The Bertz CT molecular complexity index is 1310. The lowest BCUT2D eigenvalue weighted by Gasteiger charge is -2.16. The molecule has 13 heteroatoms. The van der Waals surface area contributed by atoms with Crippen LogP contribution >= 0.6 is 11.6 Å². The number of ether oxygens (including phenoxy) is 1. The molecule has 0 aliphatic carbocycles. The van der Waals surface area contributed by atoms with Gasteiger partial charge < -0.3 is 15.2 Å². The first-order valence-corrected chi connectivity index (χ1v) is 11.8. The van der Waals surface area contributed by atoms with Crippen molar-refractivity contribution in [2.24, 2.45) is 0 Å². The van der Waals surface area contributed by atoms with Crippen molar-refractivity contribution in [1.82, 2.24) is 9.97 Å². The Morgan fingerprint density at radius 1 is 1.00 bits per heavy atom. The molecular weight excluding hydrogens is 497 g/mol.